The Morgan fingerprint density at radius 2 is 1.88 bits per heavy atom. The van der Waals surface area contributed by atoms with Gasteiger partial charge in [-0.15, -0.1) is 0 Å². The lowest BCUT2D eigenvalue weighted by molar-refractivity contribution is 0.0617. The van der Waals surface area contributed by atoms with E-state index in [0.717, 1.165) is 36.5 Å². The van der Waals surface area contributed by atoms with Gasteiger partial charge in [0.05, 0.1) is 17.6 Å². The van der Waals surface area contributed by atoms with E-state index in [1.54, 1.807) is 4.90 Å². The minimum absolute atomic E-state index is 0.149. The fourth-order valence-corrected chi connectivity index (χ4v) is 3.27. The highest BCUT2D eigenvalue weighted by Crippen LogP contribution is 2.16. The number of nitrogens with one attached hydrogen (secondary N) is 1. The SMILES string of the molecule is Cn1c(CN2CCN(C(=O)c3ccc(=O)[nH]n3)CC2)nc2ccccc21. The standard InChI is InChI=1S/C18H20N6O2/c1-22-15-5-3-2-4-13(15)19-16(22)12-23-8-10-24(11-9-23)18(26)14-6-7-17(25)21-20-14/h2-7H,8-12H2,1H3,(H,21,25). The summed E-state index contributed by atoms with van der Waals surface area (Å²) in [6, 6.07) is 10.9. The Bertz CT molecular complexity index is 980. The second kappa shape index (κ2) is 6.72. The van der Waals surface area contributed by atoms with E-state index in [1.807, 2.05) is 25.2 Å². The Morgan fingerprint density at radius 3 is 2.58 bits per heavy atom. The number of carbonyl (C=O) groups excluding carboxylic acids is 1. The number of hydrogen-bond acceptors (Lipinski definition) is 5. The molecule has 26 heavy (non-hydrogen) atoms. The normalized spacial score (nSPS) is 15.5. The maximum absolute atomic E-state index is 12.5. The number of aromatic amines is 1. The molecule has 0 unspecified atom stereocenters. The summed E-state index contributed by atoms with van der Waals surface area (Å²) in [5.74, 6) is 0.872. The zero-order valence-corrected chi connectivity index (χ0v) is 14.6. The summed E-state index contributed by atoms with van der Waals surface area (Å²) in [5, 5.41) is 6.13. The van der Waals surface area contributed by atoms with Crippen molar-refractivity contribution in [3.05, 3.63) is 58.3 Å². The van der Waals surface area contributed by atoms with E-state index >= 15 is 0 Å². The van der Waals surface area contributed by atoms with E-state index in [4.69, 9.17) is 4.98 Å². The highest BCUT2D eigenvalue weighted by Gasteiger charge is 2.24. The van der Waals surface area contributed by atoms with Crippen LogP contribution in [0.1, 0.15) is 16.3 Å². The number of piperazine rings is 1. The van der Waals surface area contributed by atoms with Crippen LogP contribution in [0.5, 0.6) is 0 Å². The highest BCUT2D eigenvalue weighted by atomic mass is 16.2. The first-order valence-electron chi connectivity index (χ1n) is 8.59. The first-order valence-corrected chi connectivity index (χ1v) is 8.59. The van der Waals surface area contributed by atoms with Crippen molar-refractivity contribution < 1.29 is 4.79 Å². The summed E-state index contributed by atoms with van der Waals surface area (Å²) in [5.41, 5.74) is 2.09. The fraction of sp³-hybridized carbons (Fsp3) is 0.333. The van der Waals surface area contributed by atoms with Gasteiger partial charge in [0.25, 0.3) is 11.5 Å². The van der Waals surface area contributed by atoms with Crippen molar-refractivity contribution in [2.75, 3.05) is 26.2 Å². The molecule has 0 saturated carbocycles. The monoisotopic (exact) mass is 352 g/mol. The molecule has 4 rings (SSSR count). The van der Waals surface area contributed by atoms with Gasteiger partial charge < -0.3 is 9.47 Å². The molecule has 1 N–H and O–H groups in total. The molecule has 2 aromatic heterocycles. The number of aryl methyl sites for hydroxylation is 1. The van der Waals surface area contributed by atoms with Gasteiger partial charge in [-0.25, -0.2) is 10.1 Å². The average Bonchev–Trinajstić information content (AvgIpc) is 2.98. The first-order chi connectivity index (χ1) is 12.6. The van der Waals surface area contributed by atoms with Crippen LogP contribution in [0.4, 0.5) is 0 Å². The molecular formula is C18H20N6O2. The largest absolute Gasteiger partial charge is 0.335 e. The van der Waals surface area contributed by atoms with Crippen molar-refractivity contribution in [3.63, 3.8) is 0 Å². The maximum atomic E-state index is 12.5. The van der Waals surface area contributed by atoms with Gasteiger partial charge >= 0.3 is 0 Å². The Balaban J connectivity index is 1.40. The second-order valence-electron chi connectivity index (χ2n) is 6.45. The predicted molar refractivity (Wildman–Crippen MR) is 96.8 cm³/mol. The van der Waals surface area contributed by atoms with Crippen LogP contribution >= 0.6 is 0 Å². The summed E-state index contributed by atoms with van der Waals surface area (Å²) >= 11 is 0. The molecule has 1 aromatic carbocycles. The lowest BCUT2D eigenvalue weighted by atomic mass is 10.2. The number of fused-ring (bicyclic) bond motifs is 1. The van der Waals surface area contributed by atoms with Gasteiger partial charge in [0, 0.05) is 39.3 Å². The lowest BCUT2D eigenvalue weighted by Crippen LogP contribution is -2.48. The number of H-pyrrole nitrogens is 1. The van der Waals surface area contributed by atoms with Crippen LogP contribution in [0.3, 0.4) is 0 Å². The highest BCUT2D eigenvalue weighted by molar-refractivity contribution is 5.92. The number of benzene rings is 1. The average molecular weight is 352 g/mol. The number of rotatable bonds is 3. The molecule has 0 bridgehead atoms. The third kappa shape index (κ3) is 3.11. The van der Waals surface area contributed by atoms with Crippen LogP contribution in [0.15, 0.2) is 41.2 Å². The molecule has 1 fully saturated rings. The Labute approximate surface area is 150 Å². The van der Waals surface area contributed by atoms with E-state index in [2.05, 4.69) is 25.7 Å². The van der Waals surface area contributed by atoms with Crippen molar-refractivity contribution in [1.82, 2.24) is 29.5 Å². The van der Waals surface area contributed by atoms with E-state index in [-0.39, 0.29) is 17.2 Å². The summed E-state index contributed by atoms with van der Waals surface area (Å²) in [7, 11) is 2.03. The lowest BCUT2D eigenvalue weighted by Gasteiger charge is -2.34. The minimum Gasteiger partial charge on any atom is -0.335 e. The van der Waals surface area contributed by atoms with Crippen molar-refractivity contribution in [3.8, 4) is 0 Å². The molecule has 3 aromatic rings. The Morgan fingerprint density at radius 1 is 1.12 bits per heavy atom. The van der Waals surface area contributed by atoms with Gasteiger partial charge in [-0.3, -0.25) is 14.5 Å². The molecule has 3 heterocycles. The Kier molecular flexibility index (Phi) is 4.26. The number of imidazole rings is 1. The summed E-state index contributed by atoms with van der Waals surface area (Å²) in [6.45, 7) is 3.56. The molecule has 8 nitrogen and oxygen atoms in total. The zero-order valence-electron chi connectivity index (χ0n) is 14.6. The molecular weight excluding hydrogens is 332 g/mol. The molecule has 0 atom stereocenters. The van der Waals surface area contributed by atoms with Crippen molar-refractivity contribution in [2.45, 2.75) is 6.54 Å². The van der Waals surface area contributed by atoms with Gasteiger partial charge in [0.15, 0.2) is 0 Å². The molecule has 1 saturated heterocycles. The molecule has 8 heteroatoms. The van der Waals surface area contributed by atoms with Crippen LogP contribution in [0.2, 0.25) is 0 Å². The number of amides is 1. The third-order valence-corrected chi connectivity index (χ3v) is 4.80. The van der Waals surface area contributed by atoms with E-state index in [1.165, 1.54) is 12.1 Å². The van der Waals surface area contributed by atoms with Crippen LogP contribution < -0.4 is 5.56 Å². The zero-order chi connectivity index (χ0) is 18.1. The van der Waals surface area contributed by atoms with E-state index in [0.29, 0.717) is 13.1 Å². The molecule has 0 aliphatic carbocycles. The van der Waals surface area contributed by atoms with Crippen LogP contribution in [-0.2, 0) is 13.6 Å². The van der Waals surface area contributed by atoms with Gasteiger partial charge in [-0.05, 0) is 18.2 Å². The van der Waals surface area contributed by atoms with Crippen molar-refractivity contribution >= 4 is 16.9 Å². The number of nitrogens with zero attached hydrogens (tertiary/aromatic N) is 5. The van der Waals surface area contributed by atoms with E-state index in [9.17, 15) is 9.59 Å². The van der Waals surface area contributed by atoms with Crippen molar-refractivity contribution in [1.29, 1.82) is 0 Å². The number of carbonyl (C=O) groups is 1. The molecule has 1 aliphatic heterocycles. The van der Waals surface area contributed by atoms with Gasteiger partial charge in [0.1, 0.15) is 11.5 Å². The molecule has 134 valence electrons. The van der Waals surface area contributed by atoms with Gasteiger partial charge in [-0.2, -0.15) is 5.10 Å². The molecule has 0 spiro atoms. The quantitative estimate of drug-likeness (QED) is 0.746. The maximum Gasteiger partial charge on any atom is 0.274 e. The number of hydrogen-bond donors (Lipinski definition) is 1. The first kappa shape index (κ1) is 16.5. The minimum atomic E-state index is -0.311. The molecule has 1 aliphatic rings. The van der Waals surface area contributed by atoms with Gasteiger partial charge in [0.2, 0.25) is 0 Å². The summed E-state index contributed by atoms with van der Waals surface area (Å²) < 4.78 is 2.12. The van der Waals surface area contributed by atoms with Crippen LogP contribution in [0, 0.1) is 0 Å². The van der Waals surface area contributed by atoms with Crippen LogP contribution in [-0.4, -0.2) is 61.6 Å². The van der Waals surface area contributed by atoms with E-state index < -0.39 is 0 Å². The van der Waals surface area contributed by atoms with Crippen molar-refractivity contribution in [2.24, 2.45) is 7.05 Å². The molecule has 1 amide bonds. The predicted octanol–water partition coefficient (Wildman–Crippen LogP) is 0.615. The fourth-order valence-electron chi connectivity index (χ4n) is 3.27. The smallest absolute Gasteiger partial charge is 0.274 e. The molecule has 0 radical (unpaired) electrons. The summed E-state index contributed by atoms with van der Waals surface area (Å²) in [6.07, 6.45) is 0. The topological polar surface area (TPSA) is 87.1 Å². The summed E-state index contributed by atoms with van der Waals surface area (Å²) in [4.78, 5) is 32.3. The number of aromatic nitrogens is 4. The van der Waals surface area contributed by atoms with Gasteiger partial charge in [-0.1, -0.05) is 12.1 Å². The Hall–Kier alpha value is -3.00. The van der Waals surface area contributed by atoms with Crippen LogP contribution in [0.25, 0.3) is 11.0 Å². The second-order valence-corrected chi connectivity index (χ2v) is 6.45. The number of para-hydroxylation sites is 2. The third-order valence-electron chi connectivity index (χ3n) is 4.80.